The predicted octanol–water partition coefficient (Wildman–Crippen LogP) is 2.44. The summed E-state index contributed by atoms with van der Waals surface area (Å²) in [7, 11) is 0. The minimum atomic E-state index is -1.24. The lowest BCUT2D eigenvalue weighted by atomic mass is 10.2. The van der Waals surface area contributed by atoms with Gasteiger partial charge in [-0.3, -0.25) is 0 Å². The van der Waals surface area contributed by atoms with Gasteiger partial charge in [-0.25, -0.2) is 9.18 Å². The van der Waals surface area contributed by atoms with Gasteiger partial charge in [0, 0.05) is 4.47 Å². The van der Waals surface area contributed by atoms with Crippen molar-refractivity contribution >= 4 is 21.9 Å². The Morgan fingerprint density at radius 2 is 2.38 bits per heavy atom. The van der Waals surface area contributed by atoms with Crippen LogP contribution >= 0.6 is 15.9 Å². The highest BCUT2D eigenvalue weighted by Gasteiger charge is 2.19. The molecule has 3 nitrogen and oxygen atoms in total. The Morgan fingerprint density at radius 1 is 1.69 bits per heavy atom. The van der Waals surface area contributed by atoms with Gasteiger partial charge in [0.2, 0.25) is 6.10 Å². The molecule has 0 heterocycles. The number of halogens is 2. The van der Waals surface area contributed by atoms with Crippen LogP contribution in [-0.4, -0.2) is 17.2 Å². The third-order valence-electron chi connectivity index (χ3n) is 1.74. The molecule has 1 aromatic carbocycles. The molecule has 0 aliphatic heterocycles. The Balaban J connectivity index is 2.86. The van der Waals surface area contributed by atoms with Gasteiger partial charge in [0.05, 0.1) is 6.42 Å². The zero-order valence-electron chi connectivity index (χ0n) is 8.11. The van der Waals surface area contributed by atoms with Gasteiger partial charge in [-0.15, -0.1) is 12.3 Å². The number of rotatable bonds is 4. The second-order valence-corrected chi connectivity index (χ2v) is 3.84. The summed E-state index contributed by atoms with van der Waals surface area (Å²) in [6.45, 7) is 0. The largest absolute Gasteiger partial charge is 0.478 e. The van der Waals surface area contributed by atoms with Gasteiger partial charge in [0.25, 0.3) is 0 Å². The molecule has 84 valence electrons. The number of benzene rings is 1. The van der Waals surface area contributed by atoms with Crippen molar-refractivity contribution in [2.24, 2.45) is 0 Å². The number of aliphatic carboxylic acids is 1. The number of carboxylic acids is 1. The fourth-order valence-corrected chi connectivity index (χ4v) is 1.34. The highest BCUT2D eigenvalue weighted by Crippen LogP contribution is 2.22. The van der Waals surface area contributed by atoms with Crippen LogP contribution in [0.3, 0.4) is 0 Å². The minimum Gasteiger partial charge on any atom is -0.478 e. The quantitative estimate of drug-likeness (QED) is 0.865. The average molecular weight is 287 g/mol. The Bertz CT molecular complexity index is 439. The second-order valence-electron chi connectivity index (χ2n) is 2.93. The molecular formula is C11H8BrFO3. The predicted molar refractivity (Wildman–Crippen MR) is 59.6 cm³/mol. The van der Waals surface area contributed by atoms with Gasteiger partial charge in [0.1, 0.15) is 0 Å². The maximum absolute atomic E-state index is 13.3. The summed E-state index contributed by atoms with van der Waals surface area (Å²) in [6.07, 6.45) is 3.63. The van der Waals surface area contributed by atoms with E-state index in [1.165, 1.54) is 12.1 Å². The van der Waals surface area contributed by atoms with Crippen molar-refractivity contribution in [3.63, 3.8) is 0 Å². The smallest absolute Gasteiger partial charge is 0.345 e. The second kappa shape index (κ2) is 5.52. The summed E-state index contributed by atoms with van der Waals surface area (Å²) < 4.78 is 18.8. The molecule has 1 atom stereocenters. The van der Waals surface area contributed by atoms with E-state index in [0.29, 0.717) is 4.47 Å². The molecule has 0 radical (unpaired) electrons. The van der Waals surface area contributed by atoms with E-state index in [9.17, 15) is 9.18 Å². The molecule has 0 aliphatic rings. The van der Waals surface area contributed by atoms with Gasteiger partial charge >= 0.3 is 5.97 Å². The third kappa shape index (κ3) is 3.24. The molecular weight excluding hydrogens is 279 g/mol. The van der Waals surface area contributed by atoms with E-state index in [4.69, 9.17) is 16.3 Å². The molecule has 0 fully saturated rings. The van der Waals surface area contributed by atoms with Crippen LogP contribution in [0, 0.1) is 18.2 Å². The number of carboxylic acid groups (broad SMARTS) is 1. The SMILES string of the molecule is C#CC[C@H](Oc1ccc(Br)cc1F)C(=O)O. The van der Waals surface area contributed by atoms with Crippen molar-refractivity contribution in [2.75, 3.05) is 0 Å². The molecule has 0 aliphatic carbocycles. The first-order valence-corrected chi connectivity index (χ1v) is 5.12. The summed E-state index contributed by atoms with van der Waals surface area (Å²) in [6, 6.07) is 4.07. The van der Waals surface area contributed by atoms with Gasteiger partial charge < -0.3 is 9.84 Å². The first-order valence-electron chi connectivity index (χ1n) is 4.32. The van der Waals surface area contributed by atoms with Crippen LogP contribution in [0.5, 0.6) is 5.75 Å². The highest BCUT2D eigenvalue weighted by molar-refractivity contribution is 9.10. The number of ether oxygens (including phenoxy) is 1. The van der Waals surface area contributed by atoms with Crippen LogP contribution in [0.15, 0.2) is 22.7 Å². The zero-order chi connectivity index (χ0) is 12.1. The van der Waals surface area contributed by atoms with Gasteiger partial charge in [-0.1, -0.05) is 15.9 Å². The average Bonchev–Trinajstić information content (AvgIpc) is 2.20. The van der Waals surface area contributed by atoms with E-state index in [-0.39, 0.29) is 12.2 Å². The Morgan fingerprint density at radius 3 is 2.88 bits per heavy atom. The summed E-state index contributed by atoms with van der Waals surface area (Å²) in [4.78, 5) is 10.7. The Labute approximate surface area is 100 Å². The summed E-state index contributed by atoms with van der Waals surface area (Å²) in [5, 5.41) is 8.76. The zero-order valence-corrected chi connectivity index (χ0v) is 9.70. The van der Waals surface area contributed by atoms with Crippen LogP contribution in [0.25, 0.3) is 0 Å². The third-order valence-corrected chi connectivity index (χ3v) is 2.24. The van der Waals surface area contributed by atoms with Gasteiger partial charge in [0.15, 0.2) is 11.6 Å². The van der Waals surface area contributed by atoms with Crippen LogP contribution < -0.4 is 4.74 Å². The van der Waals surface area contributed by atoms with E-state index in [1.807, 2.05) is 0 Å². The van der Waals surface area contributed by atoms with Crippen molar-refractivity contribution in [1.29, 1.82) is 0 Å². The van der Waals surface area contributed by atoms with Crippen LogP contribution in [0.1, 0.15) is 6.42 Å². The van der Waals surface area contributed by atoms with Crippen LogP contribution in [-0.2, 0) is 4.79 Å². The fraction of sp³-hybridized carbons (Fsp3) is 0.182. The van der Waals surface area contributed by atoms with Crippen molar-refractivity contribution in [3.8, 4) is 18.1 Å². The van der Waals surface area contributed by atoms with E-state index in [2.05, 4.69) is 21.9 Å². The molecule has 0 bridgehead atoms. The maximum atomic E-state index is 13.3. The number of hydrogen-bond acceptors (Lipinski definition) is 2. The minimum absolute atomic E-state index is 0.120. The number of hydrogen-bond donors (Lipinski definition) is 1. The molecule has 0 unspecified atom stereocenters. The standard InChI is InChI=1S/C11H8BrFO3/c1-2-3-10(11(14)15)16-9-5-4-7(12)6-8(9)13/h1,4-6,10H,3H2,(H,14,15)/t10-/m0/s1. The molecule has 1 aromatic rings. The summed E-state index contributed by atoms with van der Waals surface area (Å²) in [5.74, 6) is 0.166. The molecule has 0 saturated carbocycles. The lowest BCUT2D eigenvalue weighted by molar-refractivity contribution is -0.144. The van der Waals surface area contributed by atoms with E-state index >= 15 is 0 Å². The normalized spacial score (nSPS) is 11.6. The summed E-state index contributed by atoms with van der Waals surface area (Å²) >= 11 is 3.08. The molecule has 5 heteroatoms. The Kier molecular flexibility index (Phi) is 4.32. The molecule has 0 saturated heterocycles. The first-order chi connectivity index (χ1) is 7.54. The molecule has 1 N–H and O–H groups in total. The van der Waals surface area contributed by atoms with Crippen molar-refractivity contribution in [1.82, 2.24) is 0 Å². The lowest BCUT2D eigenvalue weighted by Crippen LogP contribution is -2.26. The Hall–Kier alpha value is -1.54. The highest BCUT2D eigenvalue weighted by atomic mass is 79.9. The molecule has 0 aromatic heterocycles. The maximum Gasteiger partial charge on any atom is 0.345 e. The monoisotopic (exact) mass is 286 g/mol. The molecule has 16 heavy (non-hydrogen) atoms. The van der Waals surface area contributed by atoms with E-state index in [1.54, 1.807) is 6.07 Å². The lowest BCUT2D eigenvalue weighted by Gasteiger charge is -2.13. The van der Waals surface area contributed by atoms with Crippen molar-refractivity contribution in [3.05, 3.63) is 28.5 Å². The van der Waals surface area contributed by atoms with Crippen LogP contribution in [0.4, 0.5) is 4.39 Å². The van der Waals surface area contributed by atoms with Crippen LogP contribution in [0.2, 0.25) is 0 Å². The number of terminal acetylenes is 1. The van der Waals surface area contributed by atoms with Crippen molar-refractivity contribution < 1.29 is 19.0 Å². The van der Waals surface area contributed by atoms with E-state index < -0.39 is 17.9 Å². The van der Waals surface area contributed by atoms with E-state index in [0.717, 1.165) is 0 Å². The first kappa shape index (κ1) is 12.5. The number of carbonyl (C=O) groups is 1. The van der Waals surface area contributed by atoms with Crippen molar-refractivity contribution in [2.45, 2.75) is 12.5 Å². The summed E-state index contributed by atoms with van der Waals surface area (Å²) in [5.41, 5.74) is 0. The van der Waals surface area contributed by atoms with Gasteiger partial charge in [-0.05, 0) is 18.2 Å². The molecule has 0 spiro atoms. The molecule has 1 rings (SSSR count). The molecule has 0 amide bonds. The van der Waals surface area contributed by atoms with Gasteiger partial charge in [-0.2, -0.15) is 0 Å². The fourth-order valence-electron chi connectivity index (χ4n) is 1.01. The topological polar surface area (TPSA) is 46.5 Å².